The minimum atomic E-state index is -0.992. The van der Waals surface area contributed by atoms with Crippen LogP contribution in [0.2, 0.25) is 0 Å². The molecule has 0 aliphatic heterocycles. The van der Waals surface area contributed by atoms with E-state index in [2.05, 4.69) is 28.6 Å². The monoisotopic (exact) mass is 277 g/mol. The van der Waals surface area contributed by atoms with Crippen molar-refractivity contribution in [3.05, 3.63) is 0 Å². The quantitative estimate of drug-likeness (QED) is 0.191. The van der Waals surface area contributed by atoms with Gasteiger partial charge in [-0.15, -0.1) is 0 Å². The highest BCUT2D eigenvalue weighted by Crippen LogP contribution is 1.91. The molecule has 0 unspecified atom stereocenters. The molecule has 0 heterocycles. The second-order valence-electron chi connectivity index (χ2n) is 3.62. The Morgan fingerprint density at radius 3 is 2.44 bits per heavy atom. The van der Waals surface area contributed by atoms with Crippen LogP contribution < -0.4 is 16.0 Å². The number of rotatable bonds is 9. The van der Waals surface area contributed by atoms with Gasteiger partial charge in [-0.3, -0.25) is 14.4 Å². The standard InChI is InChI=1S/C10H19N3O4S/c1-7(15)9(13-6-14)10(17)12-4-3-11-8(16)2-5-18/h6-7,9,15,18H,2-5H2,1H3,(H,11,16)(H,12,17)(H,13,14)/t7-,9+/m1/s1. The minimum absolute atomic E-state index is 0.141. The molecule has 0 aromatic heterocycles. The number of aliphatic hydroxyl groups is 1. The van der Waals surface area contributed by atoms with E-state index in [9.17, 15) is 19.5 Å². The molecule has 0 fully saturated rings. The van der Waals surface area contributed by atoms with Crippen LogP contribution >= 0.6 is 12.6 Å². The molecular weight excluding hydrogens is 258 g/mol. The molecule has 7 nitrogen and oxygen atoms in total. The third kappa shape index (κ3) is 7.13. The molecule has 2 atom stereocenters. The Morgan fingerprint density at radius 2 is 1.94 bits per heavy atom. The maximum absolute atomic E-state index is 11.5. The van der Waals surface area contributed by atoms with Crippen molar-refractivity contribution in [1.29, 1.82) is 0 Å². The highest BCUT2D eigenvalue weighted by molar-refractivity contribution is 7.80. The van der Waals surface area contributed by atoms with E-state index in [1.54, 1.807) is 0 Å². The van der Waals surface area contributed by atoms with Crippen LogP contribution in [0.25, 0.3) is 0 Å². The largest absolute Gasteiger partial charge is 0.391 e. The smallest absolute Gasteiger partial charge is 0.245 e. The Morgan fingerprint density at radius 1 is 1.33 bits per heavy atom. The zero-order chi connectivity index (χ0) is 14.0. The fourth-order valence-corrected chi connectivity index (χ4v) is 1.40. The Bertz CT molecular complexity index is 286. The van der Waals surface area contributed by atoms with E-state index in [-0.39, 0.29) is 19.0 Å². The molecule has 0 rings (SSSR count). The van der Waals surface area contributed by atoms with Crippen LogP contribution in [0.15, 0.2) is 0 Å². The molecule has 3 amide bonds. The third-order valence-electron chi connectivity index (χ3n) is 2.10. The lowest BCUT2D eigenvalue weighted by molar-refractivity contribution is -0.128. The fraction of sp³-hybridized carbons (Fsp3) is 0.700. The molecule has 0 bridgehead atoms. The van der Waals surface area contributed by atoms with Crippen molar-refractivity contribution in [2.24, 2.45) is 0 Å². The van der Waals surface area contributed by atoms with Crippen LogP contribution in [0.1, 0.15) is 13.3 Å². The number of nitrogens with one attached hydrogen (secondary N) is 3. The summed E-state index contributed by atoms with van der Waals surface area (Å²) >= 11 is 3.91. The number of carbonyl (C=O) groups is 3. The van der Waals surface area contributed by atoms with E-state index in [4.69, 9.17) is 0 Å². The van der Waals surface area contributed by atoms with Crippen LogP contribution in [-0.4, -0.2) is 54.3 Å². The zero-order valence-electron chi connectivity index (χ0n) is 10.2. The summed E-state index contributed by atoms with van der Waals surface area (Å²) in [6.07, 6.45) is -0.320. The molecule has 0 aromatic carbocycles. The predicted molar refractivity (Wildman–Crippen MR) is 69.2 cm³/mol. The molecule has 0 saturated heterocycles. The SMILES string of the molecule is C[C@@H](O)[C@H](NC=O)C(=O)NCCNC(=O)CCS. The van der Waals surface area contributed by atoms with Gasteiger partial charge in [0.25, 0.3) is 0 Å². The topological polar surface area (TPSA) is 108 Å². The molecule has 0 spiro atoms. The first kappa shape index (κ1) is 16.7. The molecule has 0 aromatic rings. The second kappa shape index (κ2) is 9.72. The van der Waals surface area contributed by atoms with Gasteiger partial charge in [-0.05, 0) is 12.7 Å². The highest BCUT2D eigenvalue weighted by Gasteiger charge is 2.22. The van der Waals surface area contributed by atoms with E-state index in [1.165, 1.54) is 6.92 Å². The summed E-state index contributed by atoms with van der Waals surface area (Å²) in [5, 5.41) is 16.6. The average Bonchev–Trinajstić information content (AvgIpc) is 2.31. The lowest BCUT2D eigenvalue weighted by Gasteiger charge is -2.18. The van der Waals surface area contributed by atoms with Crippen molar-refractivity contribution in [2.45, 2.75) is 25.5 Å². The van der Waals surface area contributed by atoms with E-state index >= 15 is 0 Å². The van der Waals surface area contributed by atoms with Crippen LogP contribution in [-0.2, 0) is 14.4 Å². The van der Waals surface area contributed by atoms with E-state index in [1.807, 2.05) is 0 Å². The number of thiol groups is 1. The molecule has 0 aliphatic rings. The Hall–Kier alpha value is -1.28. The predicted octanol–water partition coefficient (Wildman–Crippen LogP) is -1.97. The lowest BCUT2D eigenvalue weighted by atomic mass is 10.2. The molecule has 4 N–H and O–H groups in total. The van der Waals surface area contributed by atoms with Gasteiger partial charge in [0.05, 0.1) is 6.10 Å². The van der Waals surface area contributed by atoms with E-state index in [0.29, 0.717) is 18.6 Å². The van der Waals surface area contributed by atoms with Crippen LogP contribution in [0, 0.1) is 0 Å². The highest BCUT2D eigenvalue weighted by atomic mass is 32.1. The van der Waals surface area contributed by atoms with E-state index < -0.39 is 18.1 Å². The number of carbonyl (C=O) groups excluding carboxylic acids is 3. The van der Waals surface area contributed by atoms with Gasteiger partial charge in [0.2, 0.25) is 18.2 Å². The van der Waals surface area contributed by atoms with Crippen molar-refractivity contribution < 1.29 is 19.5 Å². The first-order valence-corrected chi connectivity index (χ1v) is 6.19. The van der Waals surface area contributed by atoms with Gasteiger partial charge in [0.1, 0.15) is 6.04 Å². The van der Waals surface area contributed by atoms with Crippen molar-refractivity contribution in [2.75, 3.05) is 18.8 Å². The van der Waals surface area contributed by atoms with Crippen molar-refractivity contribution in [3.63, 3.8) is 0 Å². The lowest BCUT2D eigenvalue weighted by Crippen LogP contribution is -2.51. The van der Waals surface area contributed by atoms with Gasteiger partial charge < -0.3 is 21.1 Å². The van der Waals surface area contributed by atoms with Gasteiger partial charge in [-0.1, -0.05) is 0 Å². The molecule has 0 aliphatic carbocycles. The normalized spacial score (nSPS) is 13.3. The van der Waals surface area contributed by atoms with Gasteiger partial charge in [0.15, 0.2) is 0 Å². The summed E-state index contributed by atoms with van der Waals surface area (Å²) in [6.45, 7) is 1.90. The Kier molecular flexibility index (Phi) is 9.03. The van der Waals surface area contributed by atoms with Gasteiger partial charge in [-0.25, -0.2) is 0 Å². The Balaban J connectivity index is 3.87. The molecule has 0 radical (unpaired) electrons. The maximum Gasteiger partial charge on any atom is 0.245 e. The van der Waals surface area contributed by atoms with Gasteiger partial charge >= 0.3 is 0 Å². The summed E-state index contributed by atoms with van der Waals surface area (Å²) in [5.41, 5.74) is 0. The number of aliphatic hydroxyl groups excluding tert-OH is 1. The van der Waals surface area contributed by atoms with Gasteiger partial charge in [-0.2, -0.15) is 12.6 Å². The maximum atomic E-state index is 11.5. The molecule has 18 heavy (non-hydrogen) atoms. The average molecular weight is 277 g/mol. The number of hydrogen-bond acceptors (Lipinski definition) is 5. The Labute approximate surface area is 111 Å². The summed E-state index contributed by atoms with van der Waals surface area (Å²) in [5.74, 6) is -0.177. The summed E-state index contributed by atoms with van der Waals surface area (Å²) < 4.78 is 0. The van der Waals surface area contributed by atoms with Crippen molar-refractivity contribution in [1.82, 2.24) is 16.0 Å². The van der Waals surface area contributed by atoms with Crippen LogP contribution in [0.3, 0.4) is 0 Å². The van der Waals surface area contributed by atoms with Crippen LogP contribution in [0.4, 0.5) is 0 Å². The fourth-order valence-electron chi connectivity index (χ4n) is 1.19. The van der Waals surface area contributed by atoms with E-state index in [0.717, 1.165) is 0 Å². The van der Waals surface area contributed by atoms with Crippen molar-refractivity contribution >= 4 is 30.9 Å². The second-order valence-corrected chi connectivity index (χ2v) is 4.06. The first-order valence-electron chi connectivity index (χ1n) is 5.56. The molecule has 104 valence electrons. The number of hydrogen-bond donors (Lipinski definition) is 5. The summed E-state index contributed by atoms with van der Waals surface area (Å²) in [6, 6.07) is -0.990. The summed E-state index contributed by atoms with van der Waals surface area (Å²) in [7, 11) is 0. The van der Waals surface area contributed by atoms with Gasteiger partial charge in [0, 0.05) is 19.5 Å². The van der Waals surface area contributed by atoms with Crippen LogP contribution in [0.5, 0.6) is 0 Å². The molecule has 0 saturated carbocycles. The summed E-state index contributed by atoms with van der Waals surface area (Å²) in [4.78, 5) is 32.8. The molecule has 8 heteroatoms. The first-order chi connectivity index (χ1) is 8.52. The van der Waals surface area contributed by atoms with Crippen molar-refractivity contribution in [3.8, 4) is 0 Å². The third-order valence-corrected chi connectivity index (χ3v) is 2.32. The minimum Gasteiger partial charge on any atom is -0.391 e. The molecular formula is C10H19N3O4S. The number of amides is 3. The zero-order valence-corrected chi connectivity index (χ0v) is 11.1.